The summed E-state index contributed by atoms with van der Waals surface area (Å²) in [6, 6.07) is 5.51. The van der Waals surface area contributed by atoms with Crippen molar-refractivity contribution in [3.05, 3.63) is 62.1 Å². The van der Waals surface area contributed by atoms with Crippen molar-refractivity contribution in [1.82, 2.24) is 4.31 Å². The van der Waals surface area contributed by atoms with Gasteiger partial charge in [-0.05, 0) is 30.3 Å². The minimum absolute atomic E-state index is 0.0655. The van der Waals surface area contributed by atoms with Crippen LogP contribution in [0.25, 0.3) is 0 Å². The molecule has 1 amide bonds. The number of hydrogen-bond donors (Lipinski definition) is 1. The lowest BCUT2D eigenvalue weighted by atomic mass is 10.2. The van der Waals surface area contributed by atoms with Crippen molar-refractivity contribution in [2.75, 3.05) is 18.9 Å². The van der Waals surface area contributed by atoms with Gasteiger partial charge in [-0.3, -0.25) is 14.9 Å². The Morgan fingerprint density at radius 2 is 1.83 bits per heavy atom. The SMILES string of the molecule is CN(CC(=O)Nc1ccc(Cl)c(C(F)(F)F)c1)S(=O)(=O)c1ccc(Cl)cc1[N+](=O)[O-]. The van der Waals surface area contributed by atoms with Crippen molar-refractivity contribution in [3.63, 3.8) is 0 Å². The number of halogens is 5. The molecule has 0 saturated carbocycles. The first-order valence-corrected chi connectivity index (χ1v) is 10.00. The van der Waals surface area contributed by atoms with Gasteiger partial charge in [-0.25, -0.2) is 8.42 Å². The minimum Gasteiger partial charge on any atom is -0.325 e. The first-order valence-electron chi connectivity index (χ1n) is 7.80. The summed E-state index contributed by atoms with van der Waals surface area (Å²) in [6.07, 6.45) is -4.76. The van der Waals surface area contributed by atoms with E-state index in [2.05, 4.69) is 5.32 Å². The molecule has 162 valence electrons. The standard InChI is InChI=1S/C16H12Cl2F3N3O5S/c1-23(30(28,29)14-5-2-9(17)6-13(14)24(26)27)8-15(25)22-10-3-4-12(18)11(7-10)16(19,20)21/h2-7H,8H2,1H3,(H,22,25). The number of anilines is 1. The molecule has 0 spiro atoms. The Hall–Kier alpha value is -2.41. The third-order valence-electron chi connectivity index (χ3n) is 3.73. The van der Waals surface area contributed by atoms with Crippen molar-refractivity contribution in [2.45, 2.75) is 11.1 Å². The summed E-state index contributed by atoms with van der Waals surface area (Å²) < 4.78 is 64.5. The van der Waals surface area contributed by atoms with Gasteiger partial charge in [0.15, 0.2) is 4.90 Å². The Morgan fingerprint density at radius 1 is 1.20 bits per heavy atom. The number of amides is 1. The van der Waals surface area contributed by atoms with Crippen LogP contribution in [0.3, 0.4) is 0 Å². The Balaban J connectivity index is 2.23. The molecular formula is C16H12Cl2F3N3O5S. The van der Waals surface area contributed by atoms with Crippen LogP contribution in [-0.2, 0) is 21.0 Å². The van der Waals surface area contributed by atoms with Crippen LogP contribution in [0.15, 0.2) is 41.3 Å². The van der Waals surface area contributed by atoms with E-state index in [0.29, 0.717) is 10.4 Å². The van der Waals surface area contributed by atoms with Crippen LogP contribution < -0.4 is 5.32 Å². The van der Waals surface area contributed by atoms with Gasteiger partial charge in [0.05, 0.1) is 22.1 Å². The average molecular weight is 486 g/mol. The van der Waals surface area contributed by atoms with Gasteiger partial charge in [0.25, 0.3) is 5.69 Å². The highest BCUT2D eigenvalue weighted by atomic mass is 35.5. The van der Waals surface area contributed by atoms with E-state index < -0.39 is 54.7 Å². The van der Waals surface area contributed by atoms with Crippen LogP contribution in [0.4, 0.5) is 24.5 Å². The number of nitro groups is 1. The second kappa shape index (κ2) is 8.76. The fourth-order valence-corrected chi connectivity index (χ4v) is 3.98. The van der Waals surface area contributed by atoms with Crippen molar-refractivity contribution >= 4 is 50.5 Å². The molecule has 0 aliphatic rings. The van der Waals surface area contributed by atoms with Gasteiger partial charge in [0, 0.05) is 23.8 Å². The molecule has 1 N–H and O–H groups in total. The third-order valence-corrected chi connectivity index (χ3v) is 6.14. The summed E-state index contributed by atoms with van der Waals surface area (Å²) >= 11 is 11.2. The van der Waals surface area contributed by atoms with Crippen LogP contribution in [-0.4, -0.2) is 37.1 Å². The number of likely N-dealkylation sites (N-methyl/N-ethyl adjacent to an activating group) is 1. The number of carbonyl (C=O) groups excluding carboxylic acids is 1. The van der Waals surface area contributed by atoms with Crippen molar-refractivity contribution in [1.29, 1.82) is 0 Å². The molecule has 30 heavy (non-hydrogen) atoms. The van der Waals surface area contributed by atoms with E-state index in [0.717, 1.165) is 37.4 Å². The highest BCUT2D eigenvalue weighted by Gasteiger charge is 2.34. The molecule has 0 saturated heterocycles. The Labute approximate surface area is 178 Å². The maximum Gasteiger partial charge on any atom is 0.417 e. The van der Waals surface area contributed by atoms with Crippen molar-refractivity contribution in [2.24, 2.45) is 0 Å². The second-order valence-electron chi connectivity index (χ2n) is 5.87. The average Bonchev–Trinajstić information content (AvgIpc) is 2.61. The zero-order chi connectivity index (χ0) is 22.9. The zero-order valence-corrected chi connectivity index (χ0v) is 17.2. The first kappa shape index (κ1) is 23.9. The normalized spacial score (nSPS) is 12.1. The van der Waals surface area contributed by atoms with Crippen LogP contribution >= 0.6 is 23.2 Å². The molecule has 14 heteroatoms. The smallest absolute Gasteiger partial charge is 0.325 e. The number of rotatable bonds is 6. The van der Waals surface area contributed by atoms with Crippen LogP contribution in [0.5, 0.6) is 0 Å². The zero-order valence-electron chi connectivity index (χ0n) is 14.9. The van der Waals surface area contributed by atoms with Gasteiger partial charge in [-0.2, -0.15) is 17.5 Å². The van der Waals surface area contributed by atoms with Gasteiger partial charge in [-0.1, -0.05) is 23.2 Å². The summed E-state index contributed by atoms with van der Waals surface area (Å²) in [4.78, 5) is 21.6. The topological polar surface area (TPSA) is 110 Å². The van der Waals surface area contributed by atoms with Crippen LogP contribution in [0.1, 0.15) is 5.56 Å². The van der Waals surface area contributed by atoms with Gasteiger partial charge < -0.3 is 5.32 Å². The molecule has 0 bridgehead atoms. The highest BCUT2D eigenvalue weighted by molar-refractivity contribution is 7.89. The van der Waals surface area contributed by atoms with E-state index >= 15 is 0 Å². The second-order valence-corrected chi connectivity index (χ2v) is 8.73. The van der Waals surface area contributed by atoms with Crippen LogP contribution in [0.2, 0.25) is 10.0 Å². The highest BCUT2D eigenvalue weighted by Crippen LogP contribution is 2.36. The summed E-state index contributed by atoms with van der Waals surface area (Å²) in [5, 5.41) is 12.6. The Morgan fingerprint density at radius 3 is 2.40 bits per heavy atom. The molecule has 0 atom stereocenters. The summed E-state index contributed by atoms with van der Waals surface area (Å²) in [6.45, 7) is -0.827. The predicted octanol–water partition coefficient (Wildman–Crippen LogP) is 4.18. The third kappa shape index (κ3) is 5.39. The fourth-order valence-electron chi connectivity index (χ4n) is 2.33. The number of alkyl halides is 3. The van der Waals surface area contributed by atoms with Gasteiger partial charge >= 0.3 is 6.18 Å². The van der Waals surface area contributed by atoms with Crippen molar-refractivity contribution < 1.29 is 31.3 Å². The van der Waals surface area contributed by atoms with E-state index in [1.165, 1.54) is 0 Å². The molecule has 0 unspecified atom stereocenters. The Bertz CT molecular complexity index is 1110. The molecule has 0 aromatic heterocycles. The first-order chi connectivity index (χ1) is 13.7. The molecule has 0 heterocycles. The van der Waals surface area contributed by atoms with Gasteiger partial charge in [-0.15, -0.1) is 0 Å². The van der Waals surface area contributed by atoms with Gasteiger partial charge in [0.1, 0.15) is 0 Å². The quantitative estimate of drug-likeness (QED) is 0.487. The molecule has 0 radical (unpaired) electrons. The molecule has 2 rings (SSSR count). The van der Waals surface area contributed by atoms with Gasteiger partial charge in [0.2, 0.25) is 15.9 Å². The molecule has 2 aromatic rings. The van der Waals surface area contributed by atoms with E-state index in [1.54, 1.807) is 0 Å². The summed E-state index contributed by atoms with van der Waals surface area (Å²) in [5.74, 6) is -0.979. The fraction of sp³-hybridized carbons (Fsp3) is 0.188. The number of sulfonamides is 1. The molecule has 8 nitrogen and oxygen atoms in total. The maximum atomic E-state index is 12.9. The van der Waals surface area contributed by atoms with E-state index in [4.69, 9.17) is 23.2 Å². The number of benzene rings is 2. The van der Waals surface area contributed by atoms with Crippen LogP contribution in [0, 0.1) is 10.1 Å². The van der Waals surface area contributed by atoms with E-state index in [1.807, 2.05) is 0 Å². The summed E-state index contributed by atoms with van der Waals surface area (Å²) in [5.41, 5.74) is -2.23. The predicted molar refractivity (Wildman–Crippen MR) is 103 cm³/mol. The largest absolute Gasteiger partial charge is 0.417 e. The minimum atomic E-state index is -4.76. The monoisotopic (exact) mass is 485 g/mol. The number of nitrogens with zero attached hydrogens (tertiary/aromatic N) is 2. The van der Waals surface area contributed by atoms with E-state index in [-0.39, 0.29) is 10.7 Å². The van der Waals surface area contributed by atoms with E-state index in [9.17, 15) is 36.5 Å². The summed E-state index contributed by atoms with van der Waals surface area (Å²) in [7, 11) is -3.50. The lowest BCUT2D eigenvalue weighted by Gasteiger charge is -2.17. The number of carbonyl (C=O) groups is 1. The molecule has 0 aliphatic heterocycles. The number of hydrogen-bond acceptors (Lipinski definition) is 5. The lowest BCUT2D eigenvalue weighted by Crippen LogP contribution is -2.35. The maximum absolute atomic E-state index is 12.9. The lowest BCUT2D eigenvalue weighted by molar-refractivity contribution is -0.387. The van der Waals surface area contributed by atoms with Crippen molar-refractivity contribution in [3.8, 4) is 0 Å². The number of nitro benzene ring substituents is 1. The molecule has 2 aromatic carbocycles. The Kier molecular flexibility index (Phi) is 6.97. The molecule has 0 aliphatic carbocycles. The molecule has 0 fully saturated rings. The molecular weight excluding hydrogens is 474 g/mol. The number of nitrogens with one attached hydrogen (secondary N) is 1.